The molecule has 19 heavy (non-hydrogen) atoms. The van der Waals surface area contributed by atoms with Crippen molar-refractivity contribution in [2.45, 2.75) is 25.8 Å². The molecule has 0 aromatic carbocycles. The van der Waals surface area contributed by atoms with E-state index >= 15 is 0 Å². The van der Waals surface area contributed by atoms with Gasteiger partial charge in [0.15, 0.2) is 5.54 Å². The Morgan fingerprint density at radius 3 is 2.68 bits per heavy atom. The molecule has 2 amide bonds. The SMILES string of the molecule is C=C(C)CCNC(=O)NC(C)(C(=O)O)c1ccco1. The highest BCUT2D eigenvalue weighted by atomic mass is 16.4. The molecule has 0 spiro atoms. The van der Waals surface area contributed by atoms with Gasteiger partial charge in [-0.2, -0.15) is 0 Å². The van der Waals surface area contributed by atoms with Crippen LogP contribution < -0.4 is 10.6 Å². The Bertz CT molecular complexity index is 467. The summed E-state index contributed by atoms with van der Waals surface area (Å²) in [4.78, 5) is 23.0. The maximum atomic E-state index is 11.7. The predicted molar refractivity (Wildman–Crippen MR) is 69.7 cm³/mol. The quantitative estimate of drug-likeness (QED) is 0.685. The lowest BCUT2D eigenvalue weighted by atomic mass is 9.99. The number of urea groups is 1. The van der Waals surface area contributed by atoms with Crippen LogP contribution in [0.1, 0.15) is 26.0 Å². The predicted octanol–water partition coefficient (Wildman–Crippen LogP) is 1.84. The molecule has 3 N–H and O–H groups in total. The molecular weight excluding hydrogens is 248 g/mol. The molecule has 1 heterocycles. The summed E-state index contributed by atoms with van der Waals surface area (Å²) in [7, 11) is 0. The summed E-state index contributed by atoms with van der Waals surface area (Å²) in [6, 6.07) is 2.50. The monoisotopic (exact) mass is 266 g/mol. The maximum absolute atomic E-state index is 11.7. The lowest BCUT2D eigenvalue weighted by molar-refractivity contribution is -0.144. The van der Waals surface area contributed by atoms with Gasteiger partial charge in [-0.1, -0.05) is 5.57 Å². The Morgan fingerprint density at radius 2 is 2.21 bits per heavy atom. The molecule has 0 fully saturated rings. The van der Waals surface area contributed by atoms with Crippen LogP contribution in [0.5, 0.6) is 0 Å². The van der Waals surface area contributed by atoms with Crippen molar-refractivity contribution in [1.29, 1.82) is 0 Å². The summed E-state index contributed by atoms with van der Waals surface area (Å²) in [5, 5.41) is 14.2. The van der Waals surface area contributed by atoms with Crippen LogP contribution in [0, 0.1) is 0 Å². The van der Waals surface area contributed by atoms with Crippen molar-refractivity contribution < 1.29 is 19.1 Å². The highest BCUT2D eigenvalue weighted by Gasteiger charge is 2.39. The molecule has 0 saturated carbocycles. The average molecular weight is 266 g/mol. The minimum Gasteiger partial charge on any atom is -0.479 e. The van der Waals surface area contributed by atoms with Gasteiger partial charge in [0.25, 0.3) is 0 Å². The lowest BCUT2D eigenvalue weighted by Gasteiger charge is -2.24. The first-order chi connectivity index (χ1) is 8.86. The molecule has 0 aliphatic carbocycles. The molecule has 6 heteroatoms. The Kier molecular flexibility index (Phi) is 4.74. The van der Waals surface area contributed by atoms with Crippen molar-refractivity contribution in [2.75, 3.05) is 6.54 Å². The number of furan rings is 1. The highest BCUT2D eigenvalue weighted by molar-refractivity contribution is 5.86. The van der Waals surface area contributed by atoms with Crippen molar-refractivity contribution in [3.05, 3.63) is 36.3 Å². The fourth-order valence-electron chi connectivity index (χ4n) is 1.44. The number of carbonyl (C=O) groups excluding carboxylic acids is 1. The van der Waals surface area contributed by atoms with Crippen LogP contribution in [0.4, 0.5) is 4.79 Å². The molecule has 0 saturated heterocycles. The highest BCUT2D eigenvalue weighted by Crippen LogP contribution is 2.21. The molecule has 0 radical (unpaired) electrons. The first-order valence-corrected chi connectivity index (χ1v) is 5.84. The number of rotatable bonds is 6. The van der Waals surface area contributed by atoms with Gasteiger partial charge in [0, 0.05) is 6.54 Å². The second-order valence-corrected chi connectivity index (χ2v) is 4.50. The van der Waals surface area contributed by atoms with E-state index in [0.29, 0.717) is 13.0 Å². The molecule has 1 atom stereocenters. The Balaban J connectivity index is 2.67. The molecule has 0 aliphatic rings. The van der Waals surface area contributed by atoms with Gasteiger partial charge in [-0.25, -0.2) is 9.59 Å². The van der Waals surface area contributed by atoms with E-state index < -0.39 is 17.5 Å². The van der Waals surface area contributed by atoms with Crippen molar-refractivity contribution in [3.8, 4) is 0 Å². The largest absolute Gasteiger partial charge is 0.479 e. The van der Waals surface area contributed by atoms with Crippen LogP contribution in [-0.2, 0) is 10.3 Å². The van der Waals surface area contributed by atoms with Crippen LogP contribution in [0.15, 0.2) is 35.0 Å². The first-order valence-electron chi connectivity index (χ1n) is 5.84. The number of carbonyl (C=O) groups is 2. The van der Waals surface area contributed by atoms with Crippen molar-refractivity contribution in [1.82, 2.24) is 10.6 Å². The van der Waals surface area contributed by atoms with Gasteiger partial charge in [0.05, 0.1) is 6.26 Å². The molecular formula is C13H18N2O4. The molecule has 1 unspecified atom stereocenters. The lowest BCUT2D eigenvalue weighted by Crippen LogP contribution is -2.52. The molecule has 0 bridgehead atoms. The van der Waals surface area contributed by atoms with E-state index in [0.717, 1.165) is 5.57 Å². The van der Waals surface area contributed by atoms with Gasteiger partial charge >= 0.3 is 12.0 Å². The van der Waals surface area contributed by atoms with Gasteiger partial charge in [-0.15, -0.1) is 6.58 Å². The standard InChI is InChI=1S/C13H18N2O4/c1-9(2)6-7-14-12(18)15-13(3,11(16)17)10-5-4-8-19-10/h4-5,8H,1,6-7H2,2-3H3,(H,16,17)(H2,14,15,18). The Labute approximate surface area is 111 Å². The third-order valence-electron chi connectivity index (χ3n) is 2.64. The van der Waals surface area contributed by atoms with Gasteiger partial charge < -0.3 is 20.2 Å². The smallest absolute Gasteiger partial charge is 0.337 e. The third-order valence-corrected chi connectivity index (χ3v) is 2.64. The number of hydrogen-bond acceptors (Lipinski definition) is 3. The zero-order valence-electron chi connectivity index (χ0n) is 11.0. The van der Waals surface area contributed by atoms with Crippen LogP contribution in [0.3, 0.4) is 0 Å². The minimum atomic E-state index is -1.60. The second-order valence-electron chi connectivity index (χ2n) is 4.50. The van der Waals surface area contributed by atoms with E-state index in [4.69, 9.17) is 4.42 Å². The second kappa shape index (κ2) is 6.08. The number of nitrogens with one attached hydrogen (secondary N) is 2. The van der Waals surface area contributed by atoms with Crippen molar-refractivity contribution in [2.24, 2.45) is 0 Å². The minimum absolute atomic E-state index is 0.162. The third kappa shape index (κ3) is 3.87. The number of amides is 2. The zero-order chi connectivity index (χ0) is 14.5. The molecule has 1 aromatic heterocycles. The fourth-order valence-corrected chi connectivity index (χ4v) is 1.44. The maximum Gasteiger partial charge on any atom is 0.337 e. The van der Waals surface area contributed by atoms with Gasteiger partial charge in [0.1, 0.15) is 5.76 Å². The van der Waals surface area contributed by atoms with Gasteiger partial charge in [-0.05, 0) is 32.4 Å². The number of carboxylic acid groups (broad SMARTS) is 1. The average Bonchev–Trinajstić information content (AvgIpc) is 2.81. The first kappa shape index (κ1) is 14.8. The molecule has 1 rings (SSSR count). The number of carboxylic acids is 1. The summed E-state index contributed by atoms with van der Waals surface area (Å²) in [6.07, 6.45) is 2.00. The van der Waals surface area contributed by atoms with E-state index in [9.17, 15) is 14.7 Å². The summed E-state index contributed by atoms with van der Waals surface area (Å²) in [5.41, 5.74) is -0.663. The zero-order valence-corrected chi connectivity index (χ0v) is 11.0. The Morgan fingerprint density at radius 1 is 1.53 bits per heavy atom. The summed E-state index contributed by atoms with van der Waals surface area (Å²) in [6.45, 7) is 7.33. The van der Waals surface area contributed by atoms with Crippen LogP contribution in [-0.4, -0.2) is 23.7 Å². The number of aliphatic carboxylic acids is 1. The van der Waals surface area contributed by atoms with Crippen LogP contribution in [0.2, 0.25) is 0 Å². The number of hydrogen-bond donors (Lipinski definition) is 3. The van der Waals surface area contributed by atoms with Crippen molar-refractivity contribution >= 4 is 12.0 Å². The summed E-state index contributed by atoms with van der Waals surface area (Å²) < 4.78 is 5.07. The van der Waals surface area contributed by atoms with Gasteiger partial charge in [0.2, 0.25) is 0 Å². The summed E-state index contributed by atoms with van der Waals surface area (Å²) >= 11 is 0. The van der Waals surface area contributed by atoms with E-state index in [2.05, 4.69) is 17.2 Å². The van der Waals surface area contributed by atoms with Gasteiger partial charge in [-0.3, -0.25) is 0 Å². The fraction of sp³-hybridized carbons (Fsp3) is 0.385. The van der Waals surface area contributed by atoms with Crippen LogP contribution in [0.25, 0.3) is 0 Å². The molecule has 6 nitrogen and oxygen atoms in total. The van der Waals surface area contributed by atoms with E-state index in [1.807, 2.05) is 6.92 Å². The van der Waals surface area contributed by atoms with Crippen LogP contribution >= 0.6 is 0 Å². The normalized spacial score (nSPS) is 13.4. The molecule has 1 aromatic rings. The van der Waals surface area contributed by atoms with E-state index in [-0.39, 0.29) is 5.76 Å². The van der Waals surface area contributed by atoms with E-state index in [1.54, 1.807) is 6.07 Å². The molecule has 104 valence electrons. The van der Waals surface area contributed by atoms with Crippen molar-refractivity contribution in [3.63, 3.8) is 0 Å². The molecule has 0 aliphatic heterocycles. The Hall–Kier alpha value is -2.24. The topological polar surface area (TPSA) is 91.6 Å². The van der Waals surface area contributed by atoms with E-state index in [1.165, 1.54) is 19.3 Å². The summed E-state index contributed by atoms with van der Waals surface area (Å²) in [5.74, 6) is -1.03.